The molecule has 1 atom stereocenters. The van der Waals surface area contributed by atoms with Gasteiger partial charge in [0.05, 0.1) is 0 Å². The Morgan fingerprint density at radius 2 is 2.30 bits per heavy atom. The van der Waals surface area contributed by atoms with Crippen molar-refractivity contribution in [1.29, 1.82) is 0 Å². The molecule has 112 valence electrons. The van der Waals surface area contributed by atoms with Crippen molar-refractivity contribution in [1.82, 2.24) is 15.0 Å². The van der Waals surface area contributed by atoms with Gasteiger partial charge in [0, 0.05) is 19.1 Å². The second-order valence-corrected chi connectivity index (χ2v) is 5.38. The first kappa shape index (κ1) is 15.0. The number of ether oxygens (including phenoxy) is 1. The van der Waals surface area contributed by atoms with Crippen LogP contribution in [0, 0.1) is 0 Å². The molecule has 1 aromatic rings. The summed E-state index contributed by atoms with van der Waals surface area (Å²) in [6.45, 7) is 7.32. The molecule has 2 heterocycles. The number of hydrogen-bond donors (Lipinski definition) is 0. The summed E-state index contributed by atoms with van der Waals surface area (Å²) in [5.74, 6) is 1.48. The van der Waals surface area contributed by atoms with Gasteiger partial charge >= 0.3 is 0 Å². The van der Waals surface area contributed by atoms with Crippen molar-refractivity contribution in [2.75, 3.05) is 19.8 Å². The summed E-state index contributed by atoms with van der Waals surface area (Å²) < 4.78 is 10.6. The van der Waals surface area contributed by atoms with E-state index in [2.05, 4.69) is 10.1 Å². The number of hydrogen-bond acceptors (Lipinski definition) is 5. The first-order valence-electron chi connectivity index (χ1n) is 7.34. The van der Waals surface area contributed by atoms with Crippen LogP contribution in [0.15, 0.2) is 4.52 Å². The van der Waals surface area contributed by atoms with Crippen LogP contribution in [0.25, 0.3) is 0 Å². The second kappa shape index (κ2) is 6.83. The maximum absolute atomic E-state index is 12.2. The summed E-state index contributed by atoms with van der Waals surface area (Å²) in [5.41, 5.74) is 0. The minimum atomic E-state index is -0.100. The van der Waals surface area contributed by atoms with Gasteiger partial charge in [0.1, 0.15) is 12.6 Å². The van der Waals surface area contributed by atoms with Gasteiger partial charge in [0.2, 0.25) is 11.8 Å². The van der Waals surface area contributed by atoms with Crippen molar-refractivity contribution in [3.8, 4) is 0 Å². The molecule has 0 radical (unpaired) electrons. The fourth-order valence-electron chi connectivity index (χ4n) is 2.38. The van der Waals surface area contributed by atoms with Crippen LogP contribution < -0.4 is 0 Å². The first-order valence-corrected chi connectivity index (χ1v) is 7.34. The van der Waals surface area contributed by atoms with Crippen LogP contribution in [0.5, 0.6) is 0 Å². The van der Waals surface area contributed by atoms with Gasteiger partial charge in [-0.25, -0.2) is 0 Å². The maximum atomic E-state index is 12.2. The Bertz CT molecular complexity index is 445. The highest BCUT2D eigenvalue weighted by atomic mass is 16.5. The van der Waals surface area contributed by atoms with Gasteiger partial charge in [0.15, 0.2) is 5.82 Å². The lowest BCUT2D eigenvalue weighted by molar-refractivity contribution is -0.140. The lowest BCUT2D eigenvalue weighted by atomic mass is 10.0. The molecule has 0 spiro atoms. The van der Waals surface area contributed by atoms with E-state index in [1.165, 1.54) is 0 Å². The Morgan fingerprint density at radius 1 is 1.50 bits per heavy atom. The summed E-state index contributed by atoms with van der Waals surface area (Å²) in [6, 6.07) is -0.100. The van der Waals surface area contributed by atoms with E-state index in [0.717, 1.165) is 25.8 Å². The lowest BCUT2D eigenvalue weighted by Gasteiger charge is -2.33. The highest BCUT2D eigenvalue weighted by Gasteiger charge is 2.32. The molecule has 2 rings (SSSR count). The molecular formula is C14H23N3O3. The Hall–Kier alpha value is -1.43. The highest BCUT2D eigenvalue weighted by molar-refractivity contribution is 5.78. The zero-order chi connectivity index (χ0) is 14.5. The molecule has 1 saturated heterocycles. The standard InChI is InChI=1S/C14H23N3O3/c1-4-19-9-12(18)17-8-6-5-7-11(17)14-15-13(10(2)3)16-20-14/h10-11H,4-9H2,1-3H3/t11-/m0/s1. The predicted molar refractivity (Wildman–Crippen MR) is 73.2 cm³/mol. The van der Waals surface area contributed by atoms with Crippen LogP contribution in [0.4, 0.5) is 0 Å². The molecule has 0 aliphatic carbocycles. The number of carbonyl (C=O) groups is 1. The van der Waals surface area contributed by atoms with E-state index in [4.69, 9.17) is 9.26 Å². The van der Waals surface area contributed by atoms with Gasteiger partial charge < -0.3 is 14.2 Å². The topological polar surface area (TPSA) is 68.5 Å². The van der Waals surface area contributed by atoms with Gasteiger partial charge in [-0.1, -0.05) is 19.0 Å². The largest absolute Gasteiger partial charge is 0.372 e. The number of nitrogens with zero attached hydrogens (tertiary/aromatic N) is 3. The number of rotatable bonds is 5. The number of piperidine rings is 1. The number of carbonyl (C=O) groups excluding carboxylic acids is 1. The third kappa shape index (κ3) is 3.36. The molecule has 1 aliphatic rings. The van der Waals surface area contributed by atoms with Crippen LogP contribution >= 0.6 is 0 Å². The Kier molecular flexibility index (Phi) is 5.11. The fourth-order valence-corrected chi connectivity index (χ4v) is 2.38. The smallest absolute Gasteiger partial charge is 0.249 e. The normalized spacial score (nSPS) is 19.6. The molecule has 0 saturated carbocycles. The van der Waals surface area contributed by atoms with E-state index in [0.29, 0.717) is 18.3 Å². The lowest BCUT2D eigenvalue weighted by Crippen LogP contribution is -2.40. The molecule has 0 bridgehead atoms. The summed E-state index contributed by atoms with van der Waals surface area (Å²) in [4.78, 5) is 18.4. The van der Waals surface area contributed by atoms with Crippen molar-refractivity contribution < 1.29 is 14.1 Å². The minimum Gasteiger partial charge on any atom is -0.372 e. The second-order valence-electron chi connectivity index (χ2n) is 5.38. The molecule has 0 N–H and O–H groups in total. The Labute approximate surface area is 119 Å². The van der Waals surface area contributed by atoms with Crippen LogP contribution in [0.3, 0.4) is 0 Å². The molecular weight excluding hydrogens is 258 g/mol. The molecule has 1 aliphatic heterocycles. The summed E-state index contributed by atoms with van der Waals surface area (Å²) in [7, 11) is 0. The summed E-state index contributed by atoms with van der Waals surface area (Å²) >= 11 is 0. The van der Waals surface area contributed by atoms with E-state index in [9.17, 15) is 4.79 Å². The zero-order valence-corrected chi connectivity index (χ0v) is 12.5. The van der Waals surface area contributed by atoms with Crippen LogP contribution in [-0.2, 0) is 9.53 Å². The van der Waals surface area contributed by atoms with Crippen molar-refractivity contribution in [2.45, 2.75) is 52.0 Å². The molecule has 6 heteroatoms. The predicted octanol–water partition coefficient (Wildman–Crippen LogP) is 2.28. The van der Waals surface area contributed by atoms with Crippen molar-refractivity contribution >= 4 is 5.91 Å². The van der Waals surface area contributed by atoms with Crippen molar-refractivity contribution in [2.24, 2.45) is 0 Å². The number of aromatic nitrogens is 2. The molecule has 1 amide bonds. The number of amides is 1. The minimum absolute atomic E-state index is 0.000784. The molecule has 20 heavy (non-hydrogen) atoms. The highest BCUT2D eigenvalue weighted by Crippen LogP contribution is 2.30. The van der Waals surface area contributed by atoms with Crippen LogP contribution in [0.1, 0.15) is 63.7 Å². The summed E-state index contributed by atoms with van der Waals surface area (Å²) in [6.07, 6.45) is 2.96. The van der Waals surface area contributed by atoms with E-state index >= 15 is 0 Å². The van der Waals surface area contributed by atoms with Crippen molar-refractivity contribution in [3.63, 3.8) is 0 Å². The Balaban J connectivity index is 2.11. The SMILES string of the molecule is CCOCC(=O)N1CCCC[C@H]1c1nc(C(C)C)no1. The summed E-state index contributed by atoms with van der Waals surface area (Å²) in [5, 5.41) is 3.99. The Morgan fingerprint density at radius 3 is 2.95 bits per heavy atom. The average molecular weight is 281 g/mol. The molecule has 0 aromatic carbocycles. The average Bonchev–Trinajstić information content (AvgIpc) is 2.94. The van der Waals surface area contributed by atoms with Gasteiger partial charge in [-0.15, -0.1) is 0 Å². The van der Waals surface area contributed by atoms with Gasteiger partial charge in [-0.05, 0) is 26.2 Å². The third-order valence-electron chi connectivity index (χ3n) is 3.51. The zero-order valence-electron chi connectivity index (χ0n) is 12.5. The van der Waals surface area contributed by atoms with Crippen molar-refractivity contribution in [3.05, 3.63) is 11.7 Å². The third-order valence-corrected chi connectivity index (χ3v) is 3.51. The molecule has 1 aromatic heterocycles. The first-order chi connectivity index (χ1) is 9.63. The van der Waals surface area contributed by atoms with E-state index in [1.807, 2.05) is 25.7 Å². The van der Waals surface area contributed by atoms with E-state index in [-0.39, 0.29) is 24.5 Å². The molecule has 1 fully saturated rings. The van der Waals surface area contributed by atoms with E-state index < -0.39 is 0 Å². The van der Waals surface area contributed by atoms with Crippen LogP contribution in [-0.4, -0.2) is 40.7 Å². The fraction of sp³-hybridized carbons (Fsp3) is 0.786. The molecule has 6 nitrogen and oxygen atoms in total. The quantitative estimate of drug-likeness (QED) is 0.828. The maximum Gasteiger partial charge on any atom is 0.249 e. The van der Waals surface area contributed by atoms with Gasteiger partial charge in [-0.3, -0.25) is 4.79 Å². The molecule has 0 unspecified atom stereocenters. The number of likely N-dealkylation sites (tertiary alicyclic amines) is 1. The van der Waals surface area contributed by atoms with Gasteiger partial charge in [0.25, 0.3) is 0 Å². The van der Waals surface area contributed by atoms with E-state index in [1.54, 1.807) is 0 Å². The van der Waals surface area contributed by atoms with Crippen LogP contribution in [0.2, 0.25) is 0 Å². The monoisotopic (exact) mass is 281 g/mol. The van der Waals surface area contributed by atoms with Gasteiger partial charge in [-0.2, -0.15) is 4.98 Å².